The van der Waals surface area contributed by atoms with E-state index in [2.05, 4.69) is 9.71 Å². The third kappa shape index (κ3) is 4.11. The normalized spacial score (nSPS) is 17.5. The van der Waals surface area contributed by atoms with Gasteiger partial charge < -0.3 is 9.30 Å². The Morgan fingerprint density at radius 1 is 1.15 bits per heavy atom. The summed E-state index contributed by atoms with van der Waals surface area (Å²) in [5, 5.41) is -0.163. The van der Waals surface area contributed by atoms with Gasteiger partial charge in [0, 0.05) is 23.7 Å². The summed E-state index contributed by atoms with van der Waals surface area (Å²) in [7, 11) is -3.50. The van der Waals surface area contributed by atoms with Gasteiger partial charge in [0.2, 0.25) is 10.0 Å². The minimum Gasteiger partial charge on any atom is -0.377 e. The maximum absolute atomic E-state index is 15.1. The number of sulfonamides is 1. The second kappa shape index (κ2) is 7.74. The zero-order chi connectivity index (χ0) is 23.5. The first kappa shape index (κ1) is 22.2. The van der Waals surface area contributed by atoms with Crippen LogP contribution in [0.5, 0.6) is 0 Å². The van der Waals surface area contributed by atoms with Gasteiger partial charge in [0.1, 0.15) is 23.0 Å². The number of aromatic nitrogens is 2. The van der Waals surface area contributed by atoms with E-state index in [1.807, 2.05) is 0 Å². The minimum absolute atomic E-state index is 0.110. The molecule has 1 saturated heterocycles. The van der Waals surface area contributed by atoms with E-state index in [4.69, 9.17) is 4.74 Å². The Hall–Kier alpha value is -2.57. The number of rotatable bonds is 6. The van der Waals surface area contributed by atoms with Gasteiger partial charge in [-0.2, -0.15) is 13.2 Å². The predicted molar refractivity (Wildman–Crippen MR) is 109 cm³/mol. The summed E-state index contributed by atoms with van der Waals surface area (Å²) < 4.78 is 103. The molecular formula is C21H18F5N3O3S. The minimum atomic E-state index is -4.92. The quantitative estimate of drug-likeness (QED) is 0.531. The number of alkyl halides is 3. The molecule has 0 spiro atoms. The number of halogens is 5. The molecule has 1 saturated carbocycles. The topological polar surface area (TPSA) is 73.2 Å². The summed E-state index contributed by atoms with van der Waals surface area (Å²) in [6, 6.07) is 2.82. The lowest BCUT2D eigenvalue weighted by molar-refractivity contribution is -0.137. The molecule has 1 aliphatic carbocycles. The Morgan fingerprint density at radius 2 is 1.88 bits per heavy atom. The first-order chi connectivity index (χ1) is 15.5. The van der Waals surface area contributed by atoms with Crippen molar-refractivity contribution in [1.82, 2.24) is 14.3 Å². The molecule has 2 fully saturated rings. The number of hydrogen-bond acceptors (Lipinski definition) is 4. The van der Waals surface area contributed by atoms with Crippen LogP contribution in [-0.4, -0.2) is 36.4 Å². The number of pyridine rings is 1. The molecule has 5 rings (SSSR count). The van der Waals surface area contributed by atoms with Crippen molar-refractivity contribution in [3.63, 3.8) is 0 Å². The van der Waals surface area contributed by atoms with E-state index in [0.29, 0.717) is 37.7 Å². The van der Waals surface area contributed by atoms with E-state index < -0.39 is 49.9 Å². The van der Waals surface area contributed by atoms with Crippen LogP contribution in [0.3, 0.4) is 0 Å². The molecule has 2 aliphatic rings. The lowest BCUT2D eigenvalue weighted by atomic mass is 10.0. The highest BCUT2D eigenvalue weighted by Crippen LogP contribution is 2.39. The van der Waals surface area contributed by atoms with E-state index in [0.717, 1.165) is 18.2 Å². The number of benzene rings is 1. The third-order valence-corrected chi connectivity index (χ3v) is 7.72. The molecule has 6 nitrogen and oxygen atoms in total. The van der Waals surface area contributed by atoms with Crippen molar-refractivity contribution < 1.29 is 35.1 Å². The van der Waals surface area contributed by atoms with Crippen molar-refractivity contribution in [2.75, 3.05) is 13.2 Å². The molecule has 12 heteroatoms. The van der Waals surface area contributed by atoms with Gasteiger partial charge in [-0.1, -0.05) is 0 Å². The van der Waals surface area contributed by atoms with Gasteiger partial charge in [0.15, 0.2) is 0 Å². The molecule has 3 heterocycles. The molecule has 0 atom stereocenters. The first-order valence-corrected chi connectivity index (χ1v) is 11.7. The van der Waals surface area contributed by atoms with Crippen LogP contribution in [0.4, 0.5) is 22.0 Å². The summed E-state index contributed by atoms with van der Waals surface area (Å²) in [4.78, 5) is 4.20. The summed E-state index contributed by atoms with van der Waals surface area (Å²) in [5.41, 5.74) is -1.86. The molecular weight excluding hydrogens is 469 g/mol. The van der Waals surface area contributed by atoms with Gasteiger partial charge in [0.25, 0.3) is 0 Å². The fourth-order valence-electron chi connectivity index (χ4n) is 3.83. The number of hydrogen-bond donors (Lipinski definition) is 1. The van der Waals surface area contributed by atoms with E-state index in [-0.39, 0.29) is 23.6 Å². The summed E-state index contributed by atoms with van der Waals surface area (Å²) in [5.74, 6) is -2.14. The Morgan fingerprint density at radius 3 is 2.48 bits per heavy atom. The summed E-state index contributed by atoms with van der Waals surface area (Å²) in [6.07, 6.45) is -2.15. The monoisotopic (exact) mass is 487 g/mol. The fourth-order valence-corrected chi connectivity index (χ4v) is 5.18. The molecule has 33 heavy (non-hydrogen) atoms. The van der Waals surface area contributed by atoms with Crippen LogP contribution in [0.15, 0.2) is 30.5 Å². The van der Waals surface area contributed by atoms with Crippen molar-refractivity contribution >= 4 is 21.1 Å². The predicted octanol–water partition coefficient (Wildman–Crippen LogP) is 4.15. The van der Waals surface area contributed by atoms with Gasteiger partial charge in [0.05, 0.1) is 30.1 Å². The van der Waals surface area contributed by atoms with Gasteiger partial charge in [-0.25, -0.2) is 26.9 Å². The first-order valence-electron chi connectivity index (χ1n) is 10.2. The fraction of sp³-hybridized carbons (Fsp3) is 0.381. The van der Waals surface area contributed by atoms with Gasteiger partial charge in [-0.05, 0) is 42.7 Å². The van der Waals surface area contributed by atoms with Crippen molar-refractivity contribution in [3.8, 4) is 11.3 Å². The van der Waals surface area contributed by atoms with Gasteiger partial charge >= 0.3 is 6.18 Å². The molecule has 2 aromatic heterocycles. The second-order valence-corrected chi connectivity index (χ2v) is 10.2. The zero-order valence-corrected chi connectivity index (χ0v) is 17.8. The smallest absolute Gasteiger partial charge is 0.377 e. The van der Waals surface area contributed by atoms with Crippen molar-refractivity contribution in [2.24, 2.45) is 0 Å². The molecule has 0 radical (unpaired) electrons. The van der Waals surface area contributed by atoms with Crippen LogP contribution in [0.25, 0.3) is 22.3 Å². The van der Waals surface area contributed by atoms with Gasteiger partial charge in [-0.3, -0.25) is 0 Å². The highest BCUT2D eigenvalue weighted by molar-refractivity contribution is 7.90. The Labute approximate surface area is 185 Å². The maximum Gasteiger partial charge on any atom is 0.417 e. The van der Waals surface area contributed by atoms with E-state index in [9.17, 15) is 26.0 Å². The summed E-state index contributed by atoms with van der Waals surface area (Å²) in [6.45, 7) is 0.548. The lowest BCUT2D eigenvalue weighted by Gasteiger charge is -2.28. The van der Waals surface area contributed by atoms with E-state index >= 15 is 4.39 Å². The van der Waals surface area contributed by atoms with Crippen LogP contribution >= 0.6 is 0 Å². The van der Waals surface area contributed by atoms with Crippen molar-refractivity contribution in [2.45, 2.75) is 36.9 Å². The van der Waals surface area contributed by atoms with E-state index in [1.165, 1.54) is 0 Å². The molecule has 176 valence electrons. The van der Waals surface area contributed by atoms with Crippen molar-refractivity contribution in [3.05, 3.63) is 53.2 Å². The Bertz CT molecular complexity index is 1350. The molecule has 0 unspecified atom stereocenters. The molecule has 3 aromatic rings. The number of fused-ring (bicyclic) bond motifs is 1. The SMILES string of the molecule is O=S(=O)(NCc1cn(C2COC2)c2nc(-c3ccc(F)cc3C(F)(F)F)c(F)cc12)C1CC1. The number of nitrogens with one attached hydrogen (secondary N) is 1. The lowest BCUT2D eigenvalue weighted by Crippen LogP contribution is -2.30. The average Bonchev–Trinajstić information content (AvgIpc) is 3.50. The number of ether oxygens (including phenoxy) is 1. The molecule has 1 aliphatic heterocycles. The van der Waals surface area contributed by atoms with Crippen LogP contribution in [-0.2, 0) is 27.5 Å². The van der Waals surface area contributed by atoms with E-state index in [1.54, 1.807) is 10.8 Å². The standard InChI is InChI=1S/C21H18F5N3O3S/c22-12-1-4-15(17(5-12)21(24,25)26)19-18(23)6-16-11(7-27-33(30,31)14-2-3-14)8-29(20(16)28-19)13-9-32-10-13/h1,4-6,8,13-14,27H,2-3,7,9-10H2. The van der Waals surface area contributed by atoms with Crippen LogP contribution in [0.2, 0.25) is 0 Å². The van der Waals surface area contributed by atoms with Crippen LogP contribution in [0.1, 0.15) is 30.0 Å². The maximum atomic E-state index is 15.1. The second-order valence-electron chi connectivity index (χ2n) is 8.20. The Kier molecular flexibility index (Phi) is 5.22. The van der Waals surface area contributed by atoms with Crippen LogP contribution in [0, 0.1) is 11.6 Å². The highest BCUT2D eigenvalue weighted by Gasteiger charge is 2.37. The molecule has 0 bridgehead atoms. The largest absolute Gasteiger partial charge is 0.417 e. The third-order valence-electron chi connectivity index (χ3n) is 5.82. The molecule has 1 aromatic carbocycles. The summed E-state index contributed by atoms with van der Waals surface area (Å²) >= 11 is 0. The van der Waals surface area contributed by atoms with Crippen molar-refractivity contribution in [1.29, 1.82) is 0 Å². The highest BCUT2D eigenvalue weighted by atomic mass is 32.2. The Balaban J connectivity index is 1.63. The number of nitrogens with zero attached hydrogens (tertiary/aromatic N) is 2. The zero-order valence-electron chi connectivity index (χ0n) is 17.0. The molecule has 0 amide bonds. The molecule has 1 N–H and O–H groups in total. The average molecular weight is 487 g/mol. The van der Waals surface area contributed by atoms with Gasteiger partial charge in [-0.15, -0.1) is 0 Å². The van der Waals surface area contributed by atoms with Crippen LogP contribution < -0.4 is 4.72 Å².